The first-order valence-electron chi connectivity index (χ1n) is 11.0. The normalized spacial score (nSPS) is 17.8. The lowest BCUT2D eigenvalue weighted by Crippen LogP contribution is -2.42. The lowest BCUT2D eigenvalue weighted by Gasteiger charge is -2.44. The summed E-state index contributed by atoms with van der Waals surface area (Å²) in [6.45, 7) is 14.2. The van der Waals surface area contributed by atoms with Crippen LogP contribution in [0.5, 0.6) is 0 Å². The number of nitrogens with zero attached hydrogens (tertiary/aromatic N) is 4. The first-order valence-corrected chi connectivity index (χ1v) is 11.9. The van der Waals surface area contributed by atoms with E-state index in [0.717, 1.165) is 21.7 Å². The van der Waals surface area contributed by atoms with Crippen molar-refractivity contribution in [3.8, 4) is 33.3 Å². The molecule has 0 unspecified atom stereocenters. The van der Waals surface area contributed by atoms with Gasteiger partial charge in [0.25, 0.3) is 0 Å². The first kappa shape index (κ1) is 21.0. The number of hydrogen-bond donors (Lipinski definition) is 0. The fraction of sp³-hybridized carbons (Fsp3) is 0.333. The molecule has 5 heteroatoms. The smallest absolute Gasteiger partial charge is 0.173 e. The van der Waals surface area contributed by atoms with E-state index in [4.69, 9.17) is 4.98 Å². The predicted molar refractivity (Wildman–Crippen MR) is 132 cm³/mol. The van der Waals surface area contributed by atoms with Gasteiger partial charge < -0.3 is 0 Å². The van der Waals surface area contributed by atoms with Gasteiger partial charge in [0.15, 0.2) is 11.6 Å². The van der Waals surface area contributed by atoms with Crippen LogP contribution in [0.2, 0.25) is 0 Å². The Kier molecular flexibility index (Phi) is 4.61. The summed E-state index contributed by atoms with van der Waals surface area (Å²) in [7, 11) is 0. The van der Waals surface area contributed by atoms with E-state index in [1.807, 2.05) is 29.8 Å². The minimum absolute atomic E-state index is 0.0743. The van der Waals surface area contributed by atoms with Crippen molar-refractivity contribution in [3.63, 3.8) is 0 Å². The number of aromatic nitrogens is 4. The summed E-state index contributed by atoms with van der Waals surface area (Å²) in [6.07, 6.45) is 3.42. The molecule has 1 aliphatic rings. The van der Waals surface area contributed by atoms with Gasteiger partial charge in [-0.05, 0) is 57.0 Å². The molecule has 0 amide bonds. The number of thiophene rings is 1. The zero-order valence-corrected chi connectivity index (χ0v) is 20.3. The molecule has 0 aliphatic heterocycles. The maximum Gasteiger partial charge on any atom is 0.173 e. The van der Waals surface area contributed by atoms with Crippen molar-refractivity contribution in [3.05, 3.63) is 71.5 Å². The summed E-state index contributed by atoms with van der Waals surface area (Å²) in [5, 5.41) is 2.02. The Morgan fingerprint density at radius 1 is 0.719 bits per heavy atom. The fourth-order valence-corrected chi connectivity index (χ4v) is 5.54. The van der Waals surface area contributed by atoms with Gasteiger partial charge in [-0.1, -0.05) is 59.7 Å². The van der Waals surface area contributed by atoms with Gasteiger partial charge >= 0.3 is 0 Å². The van der Waals surface area contributed by atoms with Crippen LogP contribution in [-0.4, -0.2) is 19.9 Å². The van der Waals surface area contributed by atoms with Gasteiger partial charge in [-0.2, -0.15) is 0 Å². The fourth-order valence-electron chi connectivity index (χ4n) is 4.88. The molecule has 0 radical (unpaired) electrons. The SMILES string of the molecule is CC1(C)c2ccc(-c3ccc(-c4ncnc(-c5cccs5)n4)cn3)cc2C(C)(C)C1(C)C. The Morgan fingerprint density at radius 3 is 2.12 bits per heavy atom. The Labute approximate surface area is 193 Å². The van der Waals surface area contributed by atoms with Gasteiger partial charge in [-0.15, -0.1) is 11.3 Å². The standard InChI is InChI=1S/C27H28N4S/c1-25(2)19-11-9-17(14-20(19)26(3,4)27(25,5)6)21-12-10-18(15-28-21)23-29-16-30-24(31-23)22-8-7-13-32-22/h7-16H,1-6H3. The number of fused-ring (bicyclic) bond motifs is 1. The quantitative estimate of drug-likeness (QED) is 0.347. The highest BCUT2D eigenvalue weighted by Gasteiger charge is 2.56. The lowest BCUT2D eigenvalue weighted by atomic mass is 9.59. The summed E-state index contributed by atoms with van der Waals surface area (Å²) in [6, 6.07) is 15.0. The minimum atomic E-state index is 0.0743. The van der Waals surface area contributed by atoms with Crippen molar-refractivity contribution < 1.29 is 0 Å². The summed E-state index contributed by atoms with van der Waals surface area (Å²) in [5.74, 6) is 1.33. The van der Waals surface area contributed by atoms with Crippen molar-refractivity contribution in [2.45, 2.75) is 52.4 Å². The molecule has 4 aromatic rings. The van der Waals surface area contributed by atoms with Gasteiger partial charge in [0, 0.05) is 17.3 Å². The average molecular weight is 441 g/mol. The molecule has 162 valence electrons. The number of hydrogen-bond acceptors (Lipinski definition) is 5. The van der Waals surface area contributed by atoms with Crippen LogP contribution in [-0.2, 0) is 10.8 Å². The first-order chi connectivity index (χ1) is 15.1. The minimum Gasteiger partial charge on any atom is -0.255 e. The Morgan fingerprint density at radius 2 is 1.44 bits per heavy atom. The molecule has 5 rings (SSSR count). The molecule has 0 atom stereocenters. The van der Waals surface area contributed by atoms with Crippen molar-refractivity contribution in [2.24, 2.45) is 5.41 Å². The Hall–Kier alpha value is -2.92. The van der Waals surface area contributed by atoms with Crippen molar-refractivity contribution in [2.75, 3.05) is 0 Å². The van der Waals surface area contributed by atoms with Gasteiger partial charge in [0.2, 0.25) is 0 Å². The predicted octanol–water partition coefficient (Wildman–Crippen LogP) is 6.92. The molecule has 1 aliphatic carbocycles. The molecular formula is C27H28N4S. The van der Waals surface area contributed by atoms with E-state index < -0.39 is 0 Å². The average Bonchev–Trinajstić information content (AvgIpc) is 3.36. The van der Waals surface area contributed by atoms with Gasteiger partial charge in [0.1, 0.15) is 6.33 Å². The molecule has 0 saturated heterocycles. The summed E-state index contributed by atoms with van der Waals surface area (Å²) in [5.41, 5.74) is 6.20. The van der Waals surface area contributed by atoms with E-state index in [1.165, 1.54) is 11.1 Å². The van der Waals surface area contributed by atoms with Crippen LogP contribution in [0, 0.1) is 5.41 Å². The lowest BCUT2D eigenvalue weighted by molar-refractivity contribution is 0.125. The molecule has 0 N–H and O–H groups in total. The largest absolute Gasteiger partial charge is 0.255 e. The topological polar surface area (TPSA) is 51.6 Å². The second-order valence-corrected chi connectivity index (χ2v) is 11.1. The number of pyridine rings is 1. The molecule has 0 spiro atoms. The third-order valence-corrected chi connectivity index (χ3v) is 8.99. The van der Waals surface area contributed by atoms with E-state index in [2.05, 4.69) is 80.8 Å². The zero-order chi connectivity index (χ0) is 22.7. The van der Waals surface area contributed by atoms with Crippen LogP contribution in [0.15, 0.2) is 60.4 Å². The molecule has 3 aromatic heterocycles. The van der Waals surface area contributed by atoms with Crippen LogP contribution in [0.3, 0.4) is 0 Å². The van der Waals surface area contributed by atoms with E-state index in [1.54, 1.807) is 17.7 Å². The Bertz CT molecular complexity index is 1290. The highest BCUT2D eigenvalue weighted by atomic mass is 32.1. The molecule has 0 bridgehead atoms. The van der Waals surface area contributed by atoms with Crippen LogP contribution in [0.1, 0.15) is 52.7 Å². The van der Waals surface area contributed by atoms with E-state index in [-0.39, 0.29) is 16.2 Å². The van der Waals surface area contributed by atoms with Crippen LogP contribution < -0.4 is 0 Å². The van der Waals surface area contributed by atoms with Crippen molar-refractivity contribution in [1.29, 1.82) is 0 Å². The Balaban J connectivity index is 1.50. The van der Waals surface area contributed by atoms with Crippen LogP contribution >= 0.6 is 11.3 Å². The summed E-state index contributed by atoms with van der Waals surface area (Å²) >= 11 is 1.62. The molecule has 0 fully saturated rings. The highest BCUT2D eigenvalue weighted by Crippen LogP contribution is 2.61. The molecule has 1 aromatic carbocycles. The summed E-state index contributed by atoms with van der Waals surface area (Å²) in [4.78, 5) is 19.1. The van der Waals surface area contributed by atoms with Gasteiger partial charge in [-0.25, -0.2) is 15.0 Å². The molecule has 32 heavy (non-hydrogen) atoms. The monoisotopic (exact) mass is 440 g/mol. The third-order valence-electron chi connectivity index (χ3n) is 8.12. The van der Waals surface area contributed by atoms with Gasteiger partial charge in [-0.3, -0.25) is 4.98 Å². The maximum atomic E-state index is 4.77. The van der Waals surface area contributed by atoms with Crippen molar-refractivity contribution in [1.82, 2.24) is 19.9 Å². The summed E-state index contributed by atoms with van der Waals surface area (Å²) < 4.78 is 0. The second-order valence-electron chi connectivity index (χ2n) is 10.2. The maximum absolute atomic E-state index is 4.77. The number of benzene rings is 1. The molecular weight excluding hydrogens is 412 g/mol. The molecule has 4 nitrogen and oxygen atoms in total. The zero-order valence-electron chi connectivity index (χ0n) is 19.5. The molecule has 0 saturated carbocycles. The molecule has 3 heterocycles. The van der Waals surface area contributed by atoms with Gasteiger partial charge in [0.05, 0.1) is 10.6 Å². The van der Waals surface area contributed by atoms with E-state index in [0.29, 0.717) is 11.6 Å². The number of rotatable bonds is 3. The third kappa shape index (κ3) is 2.95. The second kappa shape index (κ2) is 7.04. The van der Waals surface area contributed by atoms with E-state index in [9.17, 15) is 0 Å². The van der Waals surface area contributed by atoms with Crippen LogP contribution in [0.25, 0.3) is 33.3 Å². The van der Waals surface area contributed by atoms with E-state index >= 15 is 0 Å². The highest BCUT2D eigenvalue weighted by molar-refractivity contribution is 7.13. The van der Waals surface area contributed by atoms with Crippen molar-refractivity contribution >= 4 is 11.3 Å². The van der Waals surface area contributed by atoms with Crippen LogP contribution in [0.4, 0.5) is 0 Å².